The summed E-state index contributed by atoms with van der Waals surface area (Å²) in [5, 5.41) is 2.76. The molecule has 0 bridgehead atoms. The number of benzene rings is 1. The summed E-state index contributed by atoms with van der Waals surface area (Å²) >= 11 is 0. The molecule has 3 rings (SSSR count). The van der Waals surface area contributed by atoms with Crippen molar-refractivity contribution >= 4 is 17.7 Å². The Bertz CT molecular complexity index is 668. The fourth-order valence-corrected chi connectivity index (χ4v) is 3.57. The maximum absolute atomic E-state index is 12.9. The molecule has 3 amide bonds. The monoisotopic (exact) mass is 314 g/mol. The van der Waals surface area contributed by atoms with Gasteiger partial charge in [-0.15, -0.1) is 0 Å². The number of hydrogen-bond donors (Lipinski definition) is 1. The summed E-state index contributed by atoms with van der Waals surface area (Å²) in [4.78, 5) is 38.4. The van der Waals surface area contributed by atoms with Crippen LogP contribution in [-0.4, -0.2) is 35.7 Å². The number of carbonyl (C=O) groups excluding carboxylic acids is 3. The van der Waals surface area contributed by atoms with Crippen LogP contribution in [0, 0.1) is 5.92 Å². The van der Waals surface area contributed by atoms with Crippen LogP contribution in [0.25, 0.3) is 0 Å². The van der Waals surface area contributed by atoms with Gasteiger partial charge in [0.15, 0.2) is 0 Å². The first-order valence-electron chi connectivity index (χ1n) is 8.14. The van der Waals surface area contributed by atoms with Crippen molar-refractivity contribution in [2.45, 2.75) is 38.5 Å². The highest BCUT2D eigenvalue weighted by atomic mass is 16.2. The summed E-state index contributed by atoms with van der Waals surface area (Å²) in [7, 11) is 0. The summed E-state index contributed by atoms with van der Waals surface area (Å²) < 4.78 is 0. The minimum absolute atomic E-state index is 0.172. The maximum atomic E-state index is 12.9. The number of rotatable bonds is 4. The Morgan fingerprint density at radius 1 is 1.30 bits per heavy atom. The molecule has 1 aliphatic heterocycles. The van der Waals surface area contributed by atoms with Crippen molar-refractivity contribution < 1.29 is 14.4 Å². The van der Waals surface area contributed by atoms with Gasteiger partial charge in [0.05, 0.1) is 5.41 Å². The Hall–Kier alpha value is -2.17. The average molecular weight is 314 g/mol. The molecule has 1 N–H and O–H groups in total. The van der Waals surface area contributed by atoms with Gasteiger partial charge in [-0.05, 0) is 29.9 Å². The zero-order chi connectivity index (χ0) is 16.6. The van der Waals surface area contributed by atoms with E-state index in [1.165, 1.54) is 0 Å². The second kappa shape index (κ2) is 5.80. The van der Waals surface area contributed by atoms with Crippen LogP contribution in [0.15, 0.2) is 24.3 Å². The average Bonchev–Trinajstić information content (AvgIpc) is 3.00. The number of nitrogens with one attached hydrogen (secondary N) is 1. The molecule has 1 atom stereocenters. The Labute approximate surface area is 136 Å². The number of hydrogen-bond acceptors (Lipinski definition) is 3. The molecule has 5 nitrogen and oxygen atoms in total. The molecule has 1 unspecified atom stereocenters. The molecular weight excluding hydrogens is 292 g/mol. The normalized spacial score (nSPS) is 23.0. The van der Waals surface area contributed by atoms with Gasteiger partial charge < -0.3 is 5.32 Å². The predicted octanol–water partition coefficient (Wildman–Crippen LogP) is 1.40. The summed E-state index contributed by atoms with van der Waals surface area (Å²) in [6.07, 6.45) is 1.64. The third-order valence-electron chi connectivity index (χ3n) is 4.77. The van der Waals surface area contributed by atoms with E-state index < -0.39 is 5.41 Å². The van der Waals surface area contributed by atoms with E-state index >= 15 is 0 Å². The SMILES string of the molecule is CC(C)CNC(=O)CN1C(=O)CC2(CCc3ccccc32)C1=O. The molecule has 23 heavy (non-hydrogen) atoms. The molecule has 1 aromatic carbocycles. The molecule has 1 aromatic rings. The highest BCUT2D eigenvalue weighted by Gasteiger charge is 2.55. The smallest absolute Gasteiger partial charge is 0.240 e. The van der Waals surface area contributed by atoms with Gasteiger partial charge in [-0.2, -0.15) is 0 Å². The number of likely N-dealkylation sites (tertiary alicyclic amines) is 1. The third-order valence-corrected chi connectivity index (χ3v) is 4.77. The van der Waals surface area contributed by atoms with Crippen LogP contribution in [0.3, 0.4) is 0 Å². The van der Waals surface area contributed by atoms with E-state index in [2.05, 4.69) is 5.32 Å². The third kappa shape index (κ3) is 2.64. The van der Waals surface area contributed by atoms with Crippen LogP contribution in [0.1, 0.15) is 37.8 Å². The molecule has 0 saturated carbocycles. The van der Waals surface area contributed by atoms with Crippen LogP contribution < -0.4 is 5.32 Å². The standard InChI is InChI=1S/C18H22N2O3/c1-12(2)10-19-15(21)11-20-16(22)9-18(17(20)23)8-7-13-5-3-4-6-14(13)18/h3-6,12H,7-11H2,1-2H3,(H,19,21). The van der Waals surface area contributed by atoms with Crippen molar-refractivity contribution in [2.24, 2.45) is 5.92 Å². The quantitative estimate of drug-likeness (QED) is 0.854. The van der Waals surface area contributed by atoms with Gasteiger partial charge in [0.1, 0.15) is 6.54 Å². The van der Waals surface area contributed by atoms with Gasteiger partial charge in [-0.1, -0.05) is 38.1 Å². The van der Waals surface area contributed by atoms with Crippen LogP contribution >= 0.6 is 0 Å². The minimum atomic E-state index is -0.744. The molecule has 122 valence electrons. The van der Waals surface area contributed by atoms with Crippen molar-refractivity contribution in [2.75, 3.05) is 13.1 Å². The summed E-state index contributed by atoms with van der Waals surface area (Å²) in [5.41, 5.74) is 1.36. The lowest BCUT2D eigenvalue weighted by Crippen LogP contribution is -2.43. The molecule has 1 fully saturated rings. The fourth-order valence-electron chi connectivity index (χ4n) is 3.57. The molecular formula is C18H22N2O3. The van der Waals surface area contributed by atoms with E-state index in [4.69, 9.17) is 0 Å². The van der Waals surface area contributed by atoms with Gasteiger partial charge in [0.2, 0.25) is 17.7 Å². The van der Waals surface area contributed by atoms with Crippen molar-refractivity contribution in [3.05, 3.63) is 35.4 Å². The maximum Gasteiger partial charge on any atom is 0.240 e. The molecule has 1 saturated heterocycles. The van der Waals surface area contributed by atoms with Crippen molar-refractivity contribution in [1.29, 1.82) is 0 Å². The zero-order valence-electron chi connectivity index (χ0n) is 13.6. The molecule has 1 heterocycles. The zero-order valence-corrected chi connectivity index (χ0v) is 13.6. The van der Waals surface area contributed by atoms with E-state index in [0.29, 0.717) is 18.9 Å². The highest BCUT2D eigenvalue weighted by Crippen LogP contribution is 2.46. The molecule has 1 aliphatic carbocycles. The van der Waals surface area contributed by atoms with Crippen LogP contribution in [0.2, 0.25) is 0 Å². The Morgan fingerprint density at radius 3 is 2.78 bits per heavy atom. The largest absolute Gasteiger partial charge is 0.354 e. The molecule has 0 radical (unpaired) electrons. The van der Waals surface area contributed by atoms with Crippen molar-refractivity contribution in [3.63, 3.8) is 0 Å². The Morgan fingerprint density at radius 2 is 2.04 bits per heavy atom. The lowest BCUT2D eigenvalue weighted by molar-refractivity contribution is -0.143. The Balaban J connectivity index is 1.78. The van der Waals surface area contributed by atoms with E-state index in [-0.39, 0.29) is 30.7 Å². The summed E-state index contributed by atoms with van der Waals surface area (Å²) in [5.74, 6) is -0.403. The first kappa shape index (κ1) is 15.7. The van der Waals surface area contributed by atoms with Gasteiger partial charge in [-0.25, -0.2) is 0 Å². The van der Waals surface area contributed by atoms with E-state index in [1.807, 2.05) is 38.1 Å². The highest BCUT2D eigenvalue weighted by molar-refractivity contribution is 6.11. The number of imide groups is 1. The van der Waals surface area contributed by atoms with Crippen LogP contribution in [0.4, 0.5) is 0 Å². The van der Waals surface area contributed by atoms with E-state index in [0.717, 1.165) is 22.4 Å². The number of amides is 3. The van der Waals surface area contributed by atoms with E-state index in [1.54, 1.807) is 0 Å². The van der Waals surface area contributed by atoms with Gasteiger partial charge >= 0.3 is 0 Å². The van der Waals surface area contributed by atoms with Gasteiger partial charge in [0.25, 0.3) is 0 Å². The van der Waals surface area contributed by atoms with Gasteiger partial charge in [-0.3, -0.25) is 19.3 Å². The first-order valence-corrected chi connectivity index (χ1v) is 8.14. The lowest BCUT2D eigenvalue weighted by Gasteiger charge is -2.22. The number of fused-ring (bicyclic) bond motifs is 2. The predicted molar refractivity (Wildman–Crippen MR) is 85.6 cm³/mol. The van der Waals surface area contributed by atoms with Crippen LogP contribution in [-0.2, 0) is 26.2 Å². The molecule has 5 heteroatoms. The lowest BCUT2D eigenvalue weighted by atomic mass is 9.80. The number of nitrogens with zero attached hydrogens (tertiary/aromatic N) is 1. The molecule has 0 aromatic heterocycles. The van der Waals surface area contributed by atoms with Crippen molar-refractivity contribution in [1.82, 2.24) is 10.2 Å². The van der Waals surface area contributed by atoms with Gasteiger partial charge in [0, 0.05) is 13.0 Å². The molecule has 2 aliphatic rings. The second-order valence-corrected chi connectivity index (χ2v) is 6.90. The Kier molecular flexibility index (Phi) is 3.96. The molecule has 1 spiro atoms. The second-order valence-electron chi connectivity index (χ2n) is 6.90. The van der Waals surface area contributed by atoms with Crippen LogP contribution in [0.5, 0.6) is 0 Å². The minimum Gasteiger partial charge on any atom is -0.354 e. The summed E-state index contributed by atoms with van der Waals surface area (Å²) in [6, 6.07) is 7.81. The number of aryl methyl sites for hydroxylation is 1. The van der Waals surface area contributed by atoms with Crippen molar-refractivity contribution in [3.8, 4) is 0 Å². The fraction of sp³-hybridized carbons (Fsp3) is 0.500. The van der Waals surface area contributed by atoms with E-state index in [9.17, 15) is 14.4 Å². The summed E-state index contributed by atoms with van der Waals surface area (Å²) in [6.45, 7) is 4.37. The topological polar surface area (TPSA) is 66.5 Å². The first-order chi connectivity index (χ1) is 10.9. The number of carbonyl (C=O) groups is 3.